The summed E-state index contributed by atoms with van der Waals surface area (Å²) in [5.41, 5.74) is 0.969. The van der Waals surface area contributed by atoms with Crippen LogP contribution < -0.4 is 20.3 Å². The summed E-state index contributed by atoms with van der Waals surface area (Å²) in [6, 6.07) is 10.3. The highest BCUT2D eigenvalue weighted by molar-refractivity contribution is 14.0. The van der Waals surface area contributed by atoms with E-state index in [1.807, 2.05) is 25.2 Å². The fourth-order valence-electron chi connectivity index (χ4n) is 4.25. The predicted octanol–water partition coefficient (Wildman–Crippen LogP) is 2.68. The number of halogens is 1. The third-order valence-corrected chi connectivity index (χ3v) is 5.84. The fraction of sp³-hybridized carbons (Fsp3) is 0.522. The number of benzene rings is 1. The fourth-order valence-corrected chi connectivity index (χ4v) is 4.25. The van der Waals surface area contributed by atoms with Crippen molar-refractivity contribution in [3.63, 3.8) is 0 Å². The second kappa shape index (κ2) is 11.1. The molecule has 1 aromatic carbocycles. The zero-order chi connectivity index (χ0) is 21.7. The molecule has 0 saturated carbocycles. The van der Waals surface area contributed by atoms with Gasteiger partial charge >= 0.3 is 0 Å². The van der Waals surface area contributed by atoms with Gasteiger partial charge in [-0.3, -0.25) is 9.89 Å². The number of guanidine groups is 1. The van der Waals surface area contributed by atoms with Gasteiger partial charge in [0.05, 0.1) is 6.04 Å². The summed E-state index contributed by atoms with van der Waals surface area (Å²) >= 11 is 0. The Morgan fingerprint density at radius 3 is 2.56 bits per heavy atom. The van der Waals surface area contributed by atoms with Crippen LogP contribution in [0.4, 0.5) is 5.95 Å². The molecule has 9 heteroatoms. The molecule has 2 aromatic rings. The summed E-state index contributed by atoms with van der Waals surface area (Å²) in [5.74, 6) is 2.60. The van der Waals surface area contributed by atoms with E-state index in [0.717, 1.165) is 63.3 Å². The van der Waals surface area contributed by atoms with Gasteiger partial charge in [0.2, 0.25) is 5.95 Å². The Kier molecular flexibility index (Phi) is 8.52. The molecule has 0 bridgehead atoms. The van der Waals surface area contributed by atoms with Crippen LogP contribution in [-0.4, -0.2) is 72.7 Å². The molecule has 2 aliphatic heterocycles. The van der Waals surface area contributed by atoms with E-state index in [1.54, 1.807) is 12.4 Å². The minimum absolute atomic E-state index is 0. The third kappa shape index (κ3) is 6.22. The molecule has 1 fully saturated rings. The van der Waals surface area contributed by atoms with Crippen LogP contribution in [0.3, 0.4) is 0 Å². The Hall–Kier alpha value is -2.14. The van der Waals surface area contributed by atoms with Crippen LogP contribution in [0, 0.1) is 0 Å². The number of aliphatic imine (C=N–C) groups is 1. The lowest BCUT2D eigenvalue weighted by Gasteiger charge is -2.38. The molecule has 2 aliphatic rings. The first-order valence-electron chi connectivity index (χ1n) is 11.0. The zero-order valence-corrected chi connectivity index (χ0v) is 21.5. The molecular weight excluding hydrogens is 517 g/mol. The number of ether oxygens (including phenoxy) is 1. The molecule has 174 valence electrons. The highest BCUT2D eigenvalue weighted by atomic mass is 127. The molecule has 8 nitrogen and oxygen atoms in total. The first kappa shape index (κ1) is 24.5. The van der Waals surface area contributed by atoms with Crippen LogP contribution in [0.15, 0.2) is 47.7 Å². The third-order valence-electron chi connectivity index (χ3n) is 5.84. The number of nitrogens with zero attached hydrogens (tertiary/aromatic N) is 5. The number of para-hydroxylation sites is 1. The molecule has 4 rings (SSSR count). The van der Waals surface area contributed by atoms with Gasteiger partial charge in [0.15, 0.2) is 5.96 Å². The van der Waals surface area contributed by atoms with Gasteiger partial charge < -0.3 is 20.3 Å². The first-order valence-corrected chi connectivity index (χ1v) is 11.0. The molecule has 0 amide bonds. The predicted molar refractivity (Wildman–Crippen MR) is 139 cm³/mol. The van der Waals surface area contributed by atoms with Crippen molar-refractivity contribution in [2.45, 2.75) is 31.9 Å². The molecule has 3 heterocycles. The number of aromatic nitrogens is 2. The van der Waals surface area contributed by atoms with E-state index in [4.69, 9.17) is 4.74 Å². The first-order chi connectivity index (χ1) is 15.0. The summed E-state index contributed by atoms with van der Waals surface area (Å²) in [6.45, 7) is 9.99. The standard InChI is InChI=1S/C23H33N7O.HI/c1-23(2)17-19(18-7-4-5-8-20(18)31-23)28-21(24-3)25-11-12-29-13-15-30(16-14-29)22-26-9-6-10-27-22;/h4-10,19H,11-17H2,1-3H3,(H2,24,25,28);1H. The Morgan fingerprint density at radius 1 is 1.12 bits per heavy atom. The second-order valence-corrected chi connectivity index (χ2v) is 8.68. The van der Waals surface area contributed by atoms with E-state index in [9.17, 15) is 0 Å². The average Bonchev–Trinajstić information content (AvgIpc) is 2.78. The van der Waals surface area contributed by atoms with E-state index < -0.39 is 0 Å². The van der Waals surface area contributed by atoms with Crippen molar-refractivity contribution in [2.24, 2.45) is 4.99 Å². The minimum Gasteiger partial charge on any atom is -0.487 e. The summed E-state index contributed by atoms with van der Waals surface area (Å²) in [5, 5.41) is 7.08. The van der Waals surface area contributed by atoms with Gasteiger partial charge in [0.25, 0.3) is 0 Å². The number of anilines is 1. The smallest absolute Gasteiger partial charge is 0.225 e. The van der Waals surface area contributed by atoms with Gasteiger partial charge in [0.1, 0.15) is 11.4 Å². The lowest BCUT2D eigenvalue weighted by molar-refractivity contribution is 0.0694. The monoisotopic (exact) mass is 551 g/mol. The van der Waals surface area contributed by atoms with Crippen molar-refractivity contribution in [1.82, 2.24) is 25.5 Å². The van der Waals surface area contributed by atoms with Gasteiger partial charge in [-0.1, -0.05) is 18.2 Å². The van der Waals surface area contributed by atoms with Crippen LogP contribution in [0.1, 0.15) is 31.9 Å². The van der Waals surface area contributed by atoms with Crippen LogP contribution in [0.2, 0.25) is 0 Å². The van der Waals surface area contributed by atoms with Gasteiger partial charge in [0, 0.05) is 70.7 Å². The maximum atomic E-state index is 6.15. The van der Waals surface area contributed by atoms with Crippen molar-refractivity contribution >= 4 is 35.9 Å². The SMILES string of the molecule is CN=C(NCCN1CCN(c2ncccn2)CC1)NC1CC(C)(C)Oc2ccccc21.I. The zero-order valence-electron chi connectivity index (χ0n) is 19.1. The van der Waals surface area contributed by atoms with Crippen LogP contribution in [-0.2, 0) is 0 Å². The number of nitrogens with one attached hydrogen (secondary N) is 2. The summed E-state index contributed by atoms with van der Waals surface area (Å²) in [4.78, 5) is 17.9. The highest BCUT2D eigenvalue weighted by Crippen LogP contribution is 2.39. The van der Waals surface area contributed by atoms with Gasteiger partial charge in [-0.15, -0.1) is 24.0 Å². The number of rotatable bonds is 5. The molecule has 0 spiro atoms. The van der Waals surface area contributed by atoms with Crippen molar-refractivity contribution in [3.05, 3.63) is 48.3 Å². The Morgan fingerprint density at radius 2 is 1.84 bits per heavy atom. The maximum absolute atomic E-state index is 6.15. The van der Waals surface area contributed by atoms with Crippen molar-refractivity contribution in [3.8, 4) is 5.75 Å². The molecule has 1 atom stereocenters. The van der Waals surface area contributed by atoms with E-state index in [-0.39, 0.29) is 35.6 Å². The second-order valence-electron chi connectivity index (χ2n) is 8.68. The highest BCUT2D eigenvalue weighted by Gasteiger charge is 2.34. The lowest BCUT2D eigenvalue weighted by Crippen LogP contribution is -2.50. The summed E-state index contributed by atoms with van der Waals surface area (Å²) in [7, 11) is 1.82. The molecule has 0 aliphatic carbocycles. The van der Waals surface area contributed by atoms with Crippen LogP contribution in [0.25, 0.3) is 0 Å². The number of fused-ring (bicyclic) bond motifs is 1. The van der Waals surface area contributed by atoms with Crippen LogP contribution >= 0.6 is 24.0 Å². The molecule has 1 aromatic heterocycles. The largest absolute Gasteiger partial charge is 0.487 e. The van der Waals surface area contributed by atoms with E-state index in [0.29, 0.717) is 0 Å². The van der Waals surface area contributed by atoms with Crippen molar-refractivity contribution < 1.29 is 4.74 Å². The van der Waals surface area contributed by atoms with Gasteiger partial charge in [-0.2, -0.15) is 0 Å². The van der Waals surface area contributed by atoms with Crippen molar-refractivity contribution in [2.75, 3.05) is 51.2 Å². The summed E-state index contributed by atoms with van der Waals surface area (Å²) < 4.78 is 6.15. The molecular formula is C23H34IN7O. The summed E-state index contributed by atoms with van der Waals surface area (Å²) in [6.07, 6.45) is 4.48. The Bertz CT molecular complexity index is 885. The molecule has 0 radical (unpaired) electrons. The van der Waals surface area contributed by atoms with Gasteiger partial charge in [-0.25, -0.2) is 9.97 Å². The average molecular weight is 551 g/mol. The van der Waals surface area contributed by atoms with Crippen LogP contribution in [0.5, 0.6) is 5.75 Å². The Balaban J connectivity index is 0.00000289. The maximum Gasteiger partial charge on any atom is 0.225 e. The minimum atomic E-state index is -0.215. The number of piperazine rings is 1. The number of hydrogen-bond acceptors (Lipinski definition) is 6. The molecule has 1 saturated heterocycles. The van der Waals surface area contributed by atoms with E-state index >= 15 is 0 Å². The molecule has 1 unspecified atom stereocenters. The lowest BCUT2D eigenvalue weighted by atomic mass is 9.90. The Labute approximate surface area is 207 Å². The normalized spacial score (nSPS) is 20.5. The topological polar surface area (TPSA) is 77.9 Å². The van der Waals surface area contributed by atoms with Crippen molar-refractivity contribution in [1.29, 1.82) is 0 Å². The quantitative estimate of drug-likeness (QED) is 0.336. The molecule has 2 N–H and O–H groups in total. The van der Waals surface area contributed by atoms with E-state index in [2.05, 4.69) is 61.4 Å². The molecule has 32 heavy (non-hydrogen) atoms. The number of hydrogen-bond donors (Lipinski definition) is 2. The van der Waals surface area contributed by atoms with E-state index in [1.165, 1.54) is 5.56 Å². The van der Waals surface area contributed by atoms with Gasteiger partial charge in [-0.05, 0) is 26.0 Å².